The molecule has 0 radical (unpaired) electrons. The van der Waals surface area contributed by atoms with Crippen LogP contribution in [0.3, 0.4) is 0 Å². The molecular weight excluding hydrogens is 329 g/mol. The third-order valence-electron chi connectivity index (χ3n) is 4.55. The van der Waals surface area contributed by atoms with Gasteiger partial charge in [0, 0.05) is 12.5 Å². The molecule has 1 saturated carbocycles. The first-order chi connectivity index (χ1) is 11.8. The molecule has 1 heterocycles. The van der Waals surface area contributed by atoms with E-state index in [1.54, 1.807) is 24.3 Å². The van der Waals surface area contributed by atoms with Gasteiger partial charge < -0.3 is 10.2 Å². The Balaban J connectivity index is 2.15. The zero-order valence-electron chi connectivity index (χ0n) is 14.3. The summed E-state index contributed by atoms with van der Waals surface area (Å²) in [5.41, 5.74) is -2.08. The van der Waals surface area contributed by atoms with Crippen LogP contribution < -0.4 is 10.2 Å². The standard InChI is InChI=1S/C19H21F3N2O/c1-13(2)10-12-24-16-6-4-3-5-15(16)23-17(25)18(24,19(20,21)22)11-9-14-7-8-14/h3-6,13-14H,7-8,10,12H2,1-2H3,(H,23,25). The second kappa shape index (κ2) is 6.29. The third kappa shape index (κ3) is 3.20. The second-order valence-electron chi connectivity index (χ2n) is 7.06. The van der Waals surface area contributed by atoms with Crippen LogP contribution in [-0.2, 0) is 4.79 Å². The van der Waals surface area contributed by atoms with Gasteiger partial charge in [0.1, 0.15) is 0 Å². The van der Waals surface area contributed by atoms with Gasteiger partial charge in [-0.25, -0.2) is 0 Å². The monoisotopic (exact) mass is 350 g/mol. The average Bonchev–Trinajstić information content (AvgIpc) is 3.34. The number of alkyl halides is 3. The Bertz CT molecular complexity index is 728. The van der Waals surface area contributed by atoms with Crippen molar-refractivity contribution in [1.82, 2.24) is 0 Å². The highest BCUT2D eigenvalue weighted by molar-refractivity contribution is 6.09. The molecule has 1 aromatic carbocycles. The van der Waals surface area contributed by atoms with Gasteiger partial charge in [0.15, 0.2) is 0 Å². The molecule has 0 bridgehead atoms. The number of nitrogens with one attached hydrogen (secondary N) is 1. The Hall–Kier alpha value is -2.16. The van der Waals surface area contributed by atoms with Gasteiger partial charge in [-0.2, -0.15) is 13.2 Å². The molecule has 1 aliphatic heterocycles. The van der Waals surface area contributed by atoms with Crippen LogP contribution in [0.25, 0.3) is 0 Å². The Morgan fingerprint density at radius 2 is 2.00 bits per heavy atom. The molecule has 1 atom stereocenters. The van der Waals surface area contributed by atoms with Crippen molar-refractivity contribution >= 4 is 17.3 Å². The minimum atomic E-state index is -4.80. The van der Waals surface area contributed by atoms with E-state index < -0.39 is 17.6 Å². The molecular formula is C19H21F3N2O. The maximum atomic E-state index is 14.2. The number of anilines is 2. The van der Waals surface area contributed by atoms with E-state index in [1.165, 1.54) is 0 Å². The molecule has 1 unspecified atom stereocenters. The van der Waals surface area contributed by atoms with Gasteiger partial charge in [0.05, 0.1) is 11.4 Å². The Morgan fingerprint density at radius 3 is 2.60 bits per heavy atom. The van der Waals surface area contributed by atoms with Crippen LogP contribution in [0, 0.1) is 23.7 Å². The van der Waals surface area contributed by atoms with E-state index in [0.717, 1.165) is 17.7 Å². The average molecular weight is 350 g/mol. The molecule has 1 amide bonds. The molecule has 1 fully saturated rings. The molecule has 1 N–H and O–H groups in total. The van der Waals surface area contributed by atoms with E-state index in [9.17, 15) is 18.0 Å². The first kappa shape index (κ1) is 17.7. The van der Waals surface area contributed by atoms with Crippen LogP contribution in [0.1, 0.15) is 33.1 Å². The maximum absolute atomic E-state index is 14.2. The predicted octanol–water partition coefficient (Wildman–Crippen LogP) is 4.21. The summed E-state index contributed by atoms with van der Waals surface area (Å²) < 4.78 is 42.5. The molecule has 1 aliphatic carbocycles. The van der Waals surface area contributed by atoms with Gasteiger partial charge in [-0.3, -0.25) is 4.79 Å². The summed E-state index contributed by atoms with van der Waals surface area (Å²) in [6.45, 7) is 4.00. The lowest BCUT2D eigenvalue weighted by Crippen LogP contribution is -2.67. The number of carbonyl (C=O) groups is 1. The lowest BCUT2D eigenvalue weighted by atomic mass is 9.90. The quantitative estimate of drug-likeness (QED) is 0.829. The summed E-state index contributed by atoms with van der Waals surface area (Å²) in [6, 6.07) is 6.59. The number of amides is 1. The van der Waals surface area contributed by atoms with Gasteiger partial charge in [0.25, 0.3) is 11.4 Å². The van der Waals surface area contributed by atoms with Crippen LogP contribution in [-0.4, -0.2) is 24.2 Å². The minimum absolute atomic E-state index is 0.0313. The highest BCUT2D eigenvalue weighted by Crippen LogP contribution is 2.45. The summed E-state index contributed by atoms with van der Waals surface area (Å²) in [4.78, 5) is 13.8. The number of carbonyl (C=O) groups excluding carboxylic acids is 1. The number of fused-ring (bicyclic) bond motifs is 1. The highest BCUT2D eigenvalue weighted by Gasteiger charge is 2.65. The van der Waals surface area contributed by atoms with Gasteiger partial charge in [-0.15, -0.1) is 0 Å². The first-order valence-electron chi connectivity index (χ1n) is 8.53. The van der Waals surface area contributed by atoms with E-state index in [4.69, 9.17) is 0 Å². The van der Waals surface area contributed by atoms with E-state index in [2.05, 4.69) is 17.2 Å². The minimum Gasteiger partial charge on any atom is -0.338 e. The fourth-order valence-corrected chi connectivity index (χ4v) is 2.92. The lowest BCUT2D eigenvalue weighted by molar-refractivity contribution is -0.176. The first-order valence-corrected chi connectivity index (χ1v) is 8.53. The molecule has 3 nitrogen and oxygen atoms in total. The van der Waals surface area contributed by atoms with Crippen LogP contribution in [0.15, 0.2) is 24.3 Å². The maximum Gasteiger partial charge on any atom is 0.432 e. The molecule has 0 saturated heterocycles. The third-order valence-corrected chi connectivity index (χ3v) is 4.55. The molecule has 2 aliphatic rings. The van der Waals surface area contributed by atoms with Gasteiger partial charge in [-0.05, 0) is 37.3 Å². The summed E-state index contributed by atoms with van der Waals surface area (Å²) in [5, 5.41) is 2.42. The van der Waals surface area contributed by atoms with Crippen molar-refractivity contribution in [1.29, 1.82) is 0 Å². The summed E-state index contributed by atoms with van der Waals surface area (Å²) in [5.74, 6) is 4.08. The largest absolute Gasteiger partial charge is 0.432 e. The molecule has 0 aromatic heterocycles. The van der Waals surface area contributed by atoms with E-state index in [-0.39, 0.29) is 18.4 Å². The van der Waals surface area contributed by atoms with Gasteiger partial charge in [0.2, 0.25) is 0 Å². The highest BCUT2D eigenvalue weighted by atomic mass is 19.4. The lowest BCUT2D eigenvalue weighted by Gasteiger charge is -2.45. The fourth-order valence-electron chi connectivity index (χ4n) is 2.92. The molecule has 1 aromatic rings. The van der Waals surface area contributed by atoms with Crippen molar-refractivity contribution in [3.63, 3.8) is 0 Å². The topological polar surface area (TPSA) is 32.3 Å². The Labute approximate surface area is 145 Å². The zero-order chi connectivity index (χ0) is 18.2. The Morgan fingerprint density at radius 1 is 1.32 bits per heavy atom. The van der Waals surface area contributed by atoms with Crippen molar-refractivity contribution in [3.05, 3.63) is 24.3 Å². The zero-order valence-corrected chi connectivity index (χ0v) is 14.3. The van der Waals surface area contributed by atoms with Crippen molar-refractivity contribution in [3.8, 4) is 11.8 Å². The number of hydrogen-bond acceptors (Lipinski definition) is 2. The van der Waals surface area contributed by atoms with Crippen molar-refractivity contribution < 1.29 is 18.0 Å². The fraction of sp³-hybridized carbons (Fsp3) is 0.526. The number of halogens is 3. The van der Waals surface area contributed by atoms with Crippen LogP contribution in [0.2, 0.25) is 0 Å². The number of nitrogens with zero attached hydrogens (tertiary/aromatic N) is 1. The Kier molecular flexibility index (Phi) is 4.44. The van der Waals surface area contributed by atoms with Crippen molar-refractivity contribution in [2.24, 2.45) is 11.8 Å². The molecule has 134 valence electrons. The van der Waals surface area contributed by atoms with Crippen molar-refractivity contribution in [2.45, 2.75) is 44.8 Å². The number of hydrogen-bond donors (Lipinski definition) is 1. The second-order valence-corrected chi connectivity index (χ2v) is 7.06. The van der Waals surface area contributed by atoms with Crippen LogP contribution in [0.4, 0.5) is 24.5 Å². The van der Waals surface area contributed by atoms with Gasteiger partial charge >= 0.3 is 6.18 Å². The van der Waals surface area contributed by atoms with E-state index >= 15 is 0 Å². The molecule has 25 heavy (non-hydrogen) atoms. The number of para-hydroxylation sites is 2. The van der Waals surface area contributed by atoms with Crippen LogP contribution in [0.5, 0.6) is 0 Å². The number of rotatable bonds is 3. The molecule has 6 heteroatoms. The van der Waals surface area contributed by atoms with E-state index in [0.29, 0.717) is 17.8 Å². The molecule has 3 rings (SSSR count). The SMILES string of the molecule is CC(C)CCN1c2ccccc2NC(=O)C1(C#CC1CC1)C(F)(F)F. The van der Waals surface area contributed by atoms with Crippen LogP contribution >= 0.6 is 0 Å². The summed E-state index contributed by atoms with van der Waals surface area (Å²) in [7, 11) is 0. The number of benzene rings is 1. The normalized spacial score (nSPS) is 23.0. The smallest absolute Gasteiger partial charge is 0.338 e. The van der Waals surface area contributed by atoms with Gasteiger partial charge in [-0.1, -0.05) is 37.8 Å². The summed E-state index contributed by atoms with van der Waals surface area (Å²) in [6.07, 6.45) is -2.68. The van der Waals surface area contributed by atoms with E-state index in [1.807, 2.05) is 13.8 Å². The summed E-state index contributed by atoms with van der Waals surface area (Å²) >= 11 is 0. The van der Waals surface area contributed by atoms with Crippen molar-refractivity contribution in [2.75, 3.05) is 16.8 Å². The molecule has 0 spiro atoms. The predicted molar refractivity (Wildman–Crippen MR) is 91.2 cm³/mol.